The molecule has 13 heteroatoms. The summed E-state index contributed by atoms with van der Waals surface area (Å²) in [5, 5.41) is 17.2. The van der Waals surface area contributed by atoms with Crippen molar-refractivity contribution in [3.05, 3.63) is 56.8 Å². The van der Waals surface area contributed by atoms with Gasteiger partial charge in [0.25, 0.3) is 0 Å². The molecule has 2 N–H and O–H groups in total. The quantitative estimate of drug-likeness (QED) is 0.0676. The standard InChI is InChI=1S/C26H47N5O6P2/c1-6-14-29(15-7-2)38(34,36-20-24-11-10-23(5)18-24)27-22-28-39(35,30(16-8-3)17-9-4)37-21-25-12-13-26(19-25)31(32)33/h10-13H,6-9,14-22H2,1-5H3,(H,27,34)(H,28,35). The summed E-state index contributed by atoms with van der Waals surface area (Å²) in [4.78, 5) is 10.7. The fraction of sp³-hybridized carbons (Fsp3) is 0.692. The molecule has 0 aromatic carbocycles. The highest BCUT2D eigenvalue weighted by Crippen LogP contribution is 2.50. The number of nitro groups is 1. The van der Waals surface area contributed by atoms with Gasteiger partial charge in [0.1, 0.15) is 0 Å². The maximum Gasteiger partial charge on any atom is 0.344 e. The Morgan fingerprint density at radius 1 is 0.795 bits per heavy atom. The second kappa shape index (κ2) is 16.7. The SMILES string of the molecule is CCCN(CCC)P(=O)(NCNP(=O)(OCC1=CC=C([N+](=O)[O-])C1)N(CCC)CCC)OCC1=CC=C(C)C1. The van der Waals surface area contributed by atoms with Crippen LogP contribution in [-0.4, -0.2) is 60.3 Å². The van der Waals surface area contributed by atoms with Gasteiger partial charge in [-0.05, 0) is 50.2 Å². The van der Waals surface area contributed by atoms with Crippen LogP contribution < -0.4 is 10.2 Å². The molecule has 0 fully saturated rings. The van der Waals surface area contributed by atoms with Gasteiger partial charge < -0.3 is 9.05 Å². The van der Waals surface area contributed by atoms with Crippen molar-refractivity contribution in [1.29, 1.82) is 0 Å². The summed E-state index contributed by atoms with van der Waals surface area (Å²) in [5.74, 6) is 0. The molecule has 0 aliphatic heterocycles. The number of hydrogen-bond donors (Lipinski definition) is 2. The van der Waals surface area contributed by atoms with Gasteiger partial charge in [0, 0.05) is 32.3 Å². The van der Waals surface area contributed by atoms with Crippen LogP contribution in [0.4, 0.5) is 0 Å². The van der Waals surface area contributed by atoms with Crippen LogP contribution in [0.15, 0.2) is 46.7 Å². The van der Waals surface area contributed by atoms with Gasteiger partial charge in [-0.2, -0.15) is 0 Å². The Bertz CT molecular complexity index is 1030. The molecule has 0 amide bonds. The van der Waals surface area contributed by atoms with Crippen molar-refractivity contribution in [2.75, 3.05) is 46.1 Å². The maximum absolute atomic E-state index is 14.2. The Hall–Kier alpha value is -1.42. The van der Waals surface area contributed by atoms with Crippen LogP contribution in [0.25, 0.3) is 0 Å². The molecule has 0 aromatic rings. The number of nitrogens with one attached hydrogen (secondary N) is 2. The molecule has 0 radical (unpaired) electrons. The lowest BCUT2D eigenvalue weighted by Gasteiger charge is -2.34. The Morgan fingerprint density at radius 2 is 1.23 bits per heavy atom. The molecule has 0 saturated heterocycles. The van der Waals surface area contributed by atoms with E-state index in [0.29, 0.717) is 31.8 Å². The van der Waals surface area contributed by atoms with E-state index in [1.165, 1.54) is 11.6 Å². The second-order valence-corrected chi connectivity index (χ2v) is 14.3. The molecule has 2 rings (SSSR count). The zero-order valence-electron chi connectivity index (χ0n) is 24.2. The highest BCUT2D eigenvalue weighted by Gasteiger charge is 2.35. The minimum atomic E-state index is -3.58. The van der Waals surface area contributed by atoms with E-state index in [2.05, 4.69) is 17.1 Å². The molecule has 2 aliphatic rings. The van der Waals surface area contributed by atoms with Gasteiger partial charge in [-0.15, -0.1) is 0 Å². The number of rotatable bonds is 21. The molecule has 222 valence electrons. The molecule has 2 unspecified atom stereocenters. The van der Waals surface area contributed by atoms with Crippen molar-refractivity contribution >= 4 is 15.3 Å². The van der Waals surface area contributed by atoms with Crippen LogP contribution in [0.2, 0.25) is 0 Å². The van der Waals surface area contributed by atoms with E-state index in [9.17, 15) is 19.2 Å². The summed E-state index contributed by atoms with van der Waals surface area (Å²) in [5.41, 5.74) is 3.07. The van der Waals surface area contributed by atoms with E-state index in [4.69, 9.17) is 9.05 Å². The molecule has 0 saturated carbocycles. The van der Waals surface area contributed by atoms with Gasteiger partial charge >= 0.3 is 15.3 Å². The third-order valence-electron chi connectivity index (χ3n) is 6.34. The van der Waals surface area contributed by atoms with Crippen LogP contribution in [0.3, 0.4) is 0 Å². The van der Waals surface area contributed by atoms with Crippen molar-refractivity contribution in [3.63, 3.8) is 0 Å². The minimum absolute atomic E-state index is 0.00545. The molecule has 0 heterocycles. The molecule has 2 atom stereocenters. The fourth-order valence-corrected chi connectivity index (χ4v) is 8.56. The summed E-state index contributed by atoms with van der Waals surface area (Å²) in [7, 11) is -7.05. The summed E-state index contributed by atoms with van der Waals surface area (Å²) in [6.45, 7) is 12.6. The van der Waals surface area contributed by atoms with Gasteiger partial charge in [0.15, 0.2) is 0 Å². The van der Waals surface area contributed by atoms with Gasteiger partial charge in [0.05, 0.1) is 31.2 Å². The summed E-state index contributed by atoms with van der Waals surface area (Å²) < 4.78 is 44.1. The van der Waals surface area contributed by atoms with E-state index < -0.39 is 20.3 Å². The highest BCUT2D eigenvalue weighted by atomic mass is 31.2. The first-order valence-electron chi connectivity index (χ1n) is 14.0. The first kappa shape index (κ1) is 33.8. The average molecular weight is 588 g/mol. The number of allylic oxidation sites excluding steroid dienone is 6. The van der Waals surface area contributed by atoms with E-state index in [1.54, 1.807) is 10.7 Å². The third kappa shape index (κ3) is 10.5. The molecule has 0 aromatic heterocycles. The van der Waals surface area contributed by atoms with Crippen LogP contribution >= 0.6 is 15.3 Å². The Morgan fingerprint density at radius 3 is 1.59 bits per heavy atom. The Balaban J connectivity index is 2.16. The van der Waals surface area contributed by atoms with Gasteiger partial charge in [-0.3, -0.25) is 19.2 Å². The predicted molar refractivity (Wildman–Crippen MR) is 157 cm³/mol. The van der Waals surface area contributed by atoms with Crippen LogP contribution in [0.5, 0.6) is 0 Å². The number of nitrogens with zero attached hydrogens (tertiary/aromatic N) is 3. The van der Waals surface area contributed by atoms with E-state index >= 15 is 0 Å². The van der Waals surface area contributed by atoms with Gasteiger partial charge in [0.2, 0.25) is 5.70 Å². The van der Waals surface area contributed by atoms with Crippen molar-refractivity contribution in [1.82, 2.24) is 19.5 Å². The molecular formula is C26H47N5O6P2. The zero-order chi connectivity index (χ0) is 28.9. The lowest BCUT2D eigenvalue weighted by atomic mass is 10.2. The van der Waals surface area contributed by atoms with E-state index in [-0.39, 0.29) is 32.0 Å². The van der Waals surface area contributed by atoms with Gasteiger partial charge in [-0.25, -0.2) is 19.5 Å². The van der Waals surface area contributed by atoms with Crippen molar-refractivity contribution in [2.45, 2.75) is 73.1 Å². The molecule has 2 aliphatic carbocycles. The van der Waals surface area contributed by atoms with E-state index in [1.807, 2.05) is 44.5 Å². The Labute approximate surface area is 234 Å². The van der Waals surface area contributed by atoms with Crippen molar-refractivity contribution in [2.24, 2.45) is 0 Å². The minimum Gasteiger partial charge on any atom is -0.301 e. The lowest BCUT2D eigenvalue weighted by Crippen LogP contribution is -2.38. The van der Waals surface area contributed by atoms with Crippen LogP contribution in [0, 0.1) is 10.1 Å². The first-order chi connectivity index (χ1) is 18.6. The number of hydrogen-bond acceptors (Lipinski definition) is 6. The maximum atomic E-state index is 14.2. The Kier molecular flexibility index (Phi) is 14.5. The topological polar surface area (TPSA) is 126 Å². The summed E-state index contributed by atoms with van der Waals surface area (Å²) >= 11 is 0. The molecular weight excluding hydrogens is 540 g/mol. The normalized spacial score (nSPS) is 18.5. The molecule has 11 nitrogen and oxygen atoms in total. The smallest absolute Gasteiger partial charge is 0.301 e. The van der Waals surface area contributed by atoms with Crippen molar-refractivity contribution < 1.29 is 23.1 Å². The first-order valence-corrected chi connectivity index (χ1v) is 17.1. The average Bonchev–Trinajstić information content (AvgIpc) is 3.55. The predicted octanol–water partition coefficient (Wildman–Crippen LogP) is 6.38. The lowest BCUT2D eigenvalue weighted by molar-refractivity contribution is -0.426. The summed E-state index contributed by atoms with van der Waals surface area (Å²) in [6.07, 6.45) is 11.3. The van der Waals surface area contributed by atoms with Gasteiger partial charge in [-0.1, -0.05) is 51.5 Å². The third-order valence-corrected chi connectivity index (χ3v) is 10.7. The fourth-order valence-electron chi connectivity index (χ4n) is 4.44. The highest BCUT2D eigenvalue weighted by molar-refractivity contribution is 7.55. The molecule has 39 heavy (non-hydrogen) atoms. The van der Waals surface area contributed by atoms with Crippen molar-refractivity contribution in [3.8, 4) is 0 Å². The molecule has 0 spiro atoms. The van der Waals surface area contributed by atoms with Crippen LogP contribution in [-0.2, 0) is 18.2 Å². The van der Waals surface area contributed by atoms with E-state index in [0.717, 1.165) is 37.7 Å². The van der Waals surface area contributed by atoms with Crippen LogP contribution in [0.1, 0.15) is 73.1 Å². The largest absolute Gasteiger partial charge is 0.344 e. The zero-order valence-corrected chi connectivity index (χ0v) is 26.0. The summed E-state index contributed by atoms with van der Waals surface area (Å²) in [6, 6.07) is 0. The molecule has 0 bridgehead atoms. The second-order valence-electron chi connectivity index (χ2n) is 9.92. The monoisotopic (exact) mass is 587 g/mol.